The Morgan fingerprint density at radius 2 is 2.03 bits per heavy atom. The van der Waals surface area contributed by atoms with Gasteiger partial charge in [0, 0.05) is 15.7 Å². The Labute approximate surface area is 196 Å². The van der Waals surface area contributed by atoms with Crippen molar-refractivity contribution in [2.24, 2.45) is 0 Å². The molecule has 158 valence electrons. The number of aromatic nitrogens is 2. The second-order valence-electron chi connectivity index (χ2n) is 6.64. The number of rotatable bonds is 7. The minimum Gasteiger partial charge on any atom is -0.484 e. The normalized spacial score (nSPS) is 10.8. The third kappa shape index (κ3) is 5.70. The monoisotopic (exact) mass is 519 g/mol. The predicted molar refractivity (Wildman–Crippen MR) is 123 cm³/mol. The molecule has 4 aromatic rings. The largest absolute Gasteiger partial charge is 0.484 e. The molecule has 0 saturated carbocycles. The van der Waals surface area contributed by atoms with Gasteiger partial charge in [-0.1, -0.05) is 51.3 Å². The highest BCUT2D eigenvalue weighted by Gasteiger charge is 2.13. The van der Waals surface area contributed by atoms with Crippen LogP contribution in [0.25, 0.3) is 0 Å². The topological polar surface area (TPSA) is 69.3 Å². The minimum absolute atomic E-state index is 0.145. The summed E-state index contributed by atoms with van der Waals surface area (Å²) in [7, 11) is 0. The van der Waals surface area contributed by atoms with E-state index in [1.807, 2.05) is 30.3 Å². The Balaban J connectivity index is 1.34. The molecule has 31 heavy (non-hydrogen) atoms. The van der Waals surface area contributed by atoms with E-state index in [-0.39, 0.29) is 18.3 Å². The first-order chi connectivity index (χ1) is 15.0. The summed E-state index contributed by atoms with van der Waals surface area (Å²) in [6.07, 6.45) is 3.31. The Morgan fingerprint density at radius 1 is 1.16 bits per heavy atom. The van der Waals surface area contributed by atoms with E-state index >= 15 is 0 Å². The fraction of sp³-hybridized carbons (Fsp3) is 0.0909. The van der Waals surface area contributed by atoms with Crippen LogP contribution in [0.2, 0.25) is 10.0 Å². The maximum Gasteiger partial charge on any atom is 0.291 e. The second kappa shape index (κ2) is 9.60. The molecule has 0 radical (unpaired) electrons. The number of carbonyl (C=O) groups excluding carboxylic acids is 1. The Hall–Kier alpha value is -2.74. The van der Waals surface area contributed by atoms with Gasteiger partial charge in [-0.15, -0.1) is 0 Å². The number of anilines is 1. The molecule has 2 heterocycles. The van der Waals surface area contributed by atoms with Crippen molar-refractivity contribution in [3.8, 4) is 5.75 Å². The predicted octanol–water partition coefficient (Wildman–Crippen LogP) is 6.43. The van der Waals surface area contributed by atoms with Crippen LogP contribution in [0.1, 0.15) is 21.9 Å². The van der Waals surface area contributed by atoms with Crippen molar-refractivity contribution in [2.75, 3.05) is 5.32 Å². The molecule has 0 aliphatic heterocycles. The molecule has 0 unspecified atom stereocenters. The van der Waals surface area contributed by atoms with Gasteiger partial charge in [-0.25, -0.2) is 0 Å². The lowest BCUT2D eigenvalue weighted by Gasteiger charge is -2.06. The molecule has 0 fully saturated rings. The summed E-state index contributed by atoms with van der Waals surface area (Å²) in [6, 6.07) is 16.1. The summed E-state index contributed by atoms with van der Waals surface area (Å²) in [4.78, 5) is 12.5. The molecule has 4 rings (SSSR count). The highest BCUT2D eigenvalue weighted by molar-refractivity contribution is 9.10. The number of benzene rings is 2. The second-order valence-corrected chi connectivity index (χ2v) is 8.40. The highest BCUT2D eigenvalue weighted by Crippen LogP contribution is 2.28. The van der Waals surface area contributed by atoms with E-state index in [0.29, 0.717) is 33.8 Å². The van der Waals surface area contributed by atoms with E-state index in [1.54, 1.807) is 41.3 Å². The van der Waals surface area contributed by atoms with Crippen LogP contribution in [0.5, 0.6) is 5.75 Å². The van der Waals surface area contributed by atoms with Crippen LogP contribution in [0.15, 0.2) is 75.9 Å². The molecule has 0 aliphatic carbocycles. The van der Waals surface area contributed by atoms with Gasteiger partial charge in [0.25, 0.3) is 5.91 Å². The smallest absolute Gasteiger partial charge is 0.291 e. The van der Waals surface area contributed by atoms with Crippen molar-refractivity contribution < 1.29 is 13.9 Å². The maximum atomic E-state index is 12.5. The molecule has 0 bridgehead atoms. The van der Waals surface area contributed by atoms with Gasteiger partial charge < -0.3 is 14.5 Å². The van der Waals surface area contributed by atoms with Gasteiger partial charge in [-0.3, -0.25) is 9.48 Å². The molecule has 0 atom stereocenters. The maximum absolute atomic E-state index is 12.5. The SMILES string of the molecule is O=C(Nc1cnn(Cc2cccc(Cl)c2)c1)c1ccc(COc2ccc(Br)cc2Cl)o1. The van der Waals surface area contributed by atoms with Crippen LogP contribution < -0.4 is 10.1 Å². The number of halogens is 3. The van der Waals surface area contributed by atoms with Gasteiger partial charge >= 0.3 is 0 Å². The summed E-state index contributed by atoms with van der Waals surface area (Å²) < 4.78 is 13.8. The van der Waals surface area contributed by atoms with Crippen LogP contribution in [0.4, 0.5) is 5.69 Å². The molecular formula is C22H16BrCl2N3O3. The zero-order chi connectivity index (χ0) is 21.8. The van der Waals surface area contributed by atoms with Gasteiger partial charge in [0.05, 0.1) is 23.5 Å². The van der Waals surface area contributed by atoms with E-state index in [0.717, 1.165) is 10.0 Å². The number of hydrogen-bond acceptors (Lipinski definition) is 4. The Bertz CT molecular complexity index is 1220. The fourth-order valence-electron chi connectivity index (χ4n) is 2.85. The summed E-state index contributed by atoms with van der Waals surface area (Å²) in [5, 5.41) is 8.18. The summed E-state index contributed by atoms with van der Waals surface area (Å²) in [5.41, 5.74) is 1.57. The number of furan rings is 1. The molecule has 6 nitrogen and oxygen atoms in total. The Kier molecular flexibility index (Phi) is 6.65. The molecule has 1 amide bonds. The van der Waals surface area contributed by atoms with Gasteiger partial charge in [-0.2, -0.15) is 5.10 Å². The lowest BCUT2D eigenvalue weighted by atomic mass is 10.2. The van der Waals surface area contributed by atoms with Crippen LogP contribution >= 0.6 is 39.1 Å². The number of hydrogen-bond donors (Lipinski definition) is 1. The lowest BCUT2D eigenvalue weighted by Crippen LogP contribution is -2.10. The fourth-order valence-corrected chi connectivity index (χ4v) is 3.79. The molecule has 0 saturated heterocycles. The number of ether oxygens (including phenoxy) is 1. The van der Waals surface area contributed by atoms with E-state index < -0.39 is 0 Å². The zero-order valence-corrected chi connectivity index (χ0v) is 19.1. The third-order valence-corrected chi connectivity index (χ3v) is 5.30. The van der Waals surface area contributed by atoms with Gasteiger partial charge in [0.1, 0.15) is 18.1 Å². The highest BCUT2D eigenvalue weighted by atomic mass is 79.9. The van der Waals surface area contributed by atoms with Gasteiger partial charge in [-0.05, 0) is 48.0 Å². The van der Waals surface area contributed by atoms with Crippen molar-refractivity contribution in [3.05, 3.63) is 98.6 Å². The first-order valence-electron chi connectivity index (χ1n) is 9.21. The number of nitrogens with zero attached hydrogens (tertiary/aromatic N) is 2. The van der Waals surface area contributed by atoms with Crippen LogP contribution in [0.3, 0.4) is 0 Å². The van der Waals surface area contributed by atoms with Gasteiger partial charge in [0.15, 0.2) is 5.76 Å². The minimum atomic E-state index is -0.379. The number of nitrogens with one attached hydrogen (secondary N) is 1. The summed E-state index contributed by atoms with van der Waals surface area (Å²) >= 11 is 15.5. The first kappa shape index (κ1) is 21.5. The molecule has 2 aromatic carbocycles. The van der Waals surface area contributed by atoms with E-state index in [9.17, 15) is 4.79 Å². The van der Waals surface area contributed by atoms with E-state index in [1.165, 1.54) is 0 Å². The standard InChI is InChI=1S/C22H16BrCl2N3O3/c23-15-4-6-20(19(25)9-15)30-13-18-5-7-21(31-18)22(29)27-17-10-26-28(12-17)11-14-2-1-3-16(24)8-14/h1-10,12H,11,13H2,(H,27,29). The molecular weight excluding hydrogens is 505 g/mol. The van der Waals surface area contributed by atoms with Crippen molar-refractivity contribution in [1.82, 2.24) is 9.78 Å². The molecule has 9 heteroatoms. The summed E-state index contributed by atoms with van der Waals surface area (Å²) in [6.45, 7) is 0.684. The third-order valence-electron chi connectivity index (χ3n) is 4.27. The van der Waals surface area contributed by atoms with Crippen molar-refractivity contribution in [3.63, 3.8) is 0 Å². The number of carbonyl (C=O) groups is 1. The average molecular weight is 521 g/mol. The van der Waals surface area contributed by atoms with Crippen molar-refractivity contribution >= 4 is 50.7 Å². The molecule has 1 N–H and O–H groups in total. The van der Waals surface area contributed by atoms with Crippen molar-refractivity contribution in [1.29, 1.82) is 0 Å². The van der Waals surface area contributed by atoms with E-state index in [4.69, 9.17) is 32.4 Å². The van der Waals surface area contributed by atoms with E-state index in [2.05, 4.69) is 26.3 Å². The zero-order valence-electron chi connectivity index (χ0n) is 16.0. The average Bonchev–Trinajstić information content (AvgIpc) is 3.37. The summed E-state index contributed by atoms with van der Waals surface area (Å²) in [5.74, 6) is 0.818. The number of amides is 1. The lowest BCUT2D eigenvalue weighted by molar-refractivity contribution is 0.0992. The van der Waals surface area contributed by atoms with Crippen LogP contribution in [0, 0.1) is 0 Å². The molecule has 0 aliphatic rings. The molecule has 0 spiro atoms. The Morgan fingerprint density at radius 3 is 2.84 bits per heavy atom. The quantitative estimate of drug-likeness (QED) is 0.305. The van der Waals surface area contributed by atoms with Crippen molar-refractivity contribution in [2.45, 2.75) is 13.2 Å². The first-order valence-corrected chi connectivity index (χ1v) is 10.8. The van der Waals surface area contributed by atoms with Crippen LogP contribution in [-0.4, -0.2) is 15.7 Å². The molecule has 2 aromatic heterocycles. The van der Waals surface area contributed by atoms with Gasteiger partial charge in [0.2, 0.25) is 0 Å². The van der Waals surface area contributed by atoms with Crippen LogP contribution in [-0.2, 0) is 13.2 Å².